The summed E-state index contributed by atoms with van der Waals surface area (Å²) >= 11 is 0. The van der Waals surface area contributed by atoms with E-state index in [1.54, 1.807) is 30.3 Å². The average molecular weight is 416 g/mol. The van der Waals surface area contributed by atoms with E-state index in [1.165, 1.54) is 13.2 Å². The summed E-state index contributed by atoms with van der Waals surface area (Å²) in [5.41, 5.74) is 6.32. The van der Waals surface area contributed by atoms with E-state index in [9.17, 15) is 14.4 Å². The van der Waals surface area contributed by atoms with Crippen LogP contribution in [0.4, 0.5) is 0 Å². The van der Waals surface area contributed by atoms with Crippen molar-refractivity contribution in [2.45, 2.75) is 19.4 Å². The highest BCUT2D eigenvalue weighted by atomic mass is 16.5. The van der Waals surface area contributed by atoms with E-state index in [0.29, 0.717) is 16.7 Å². The molecular formula is C24H20N2O5. The monoisotopic (exact) mass is 416 g/mol. The zero-order valence-electron chi connectivity index (χ0n) is 16.8. The lowest BCUT2D eigenvalue weighted by molar-refractivity contribution is -0.154. The fourth-order valence-electron chi connectivity index (χ4n) is 3.33. The van der Waals surface area contributed by atoms with E-state index in [-0.39, 0.29) is 6.42 Å². The van der Waals surface area contributed by atoms with Crippen molar-refractivity contribution >= 4 is 39.5 Å². The number of carbonyl (C=O) groups is 3. The number of amides is 2. The lowest BCUT2D eigenvalue weighted by atomic mass is 10.0. The predicted octanol–water partition coefficient (Wildman–Crippen LogP) is 3.52. The summed E-state index contributed by atoms with van der Waals surface area (Å²) in [5.74, 6) is -1.68. The number of hydrogen-bond donors (Lipinski definition) is 2. The van der Waals surface area contributed by atoms with E-state index in [4.69, 9.17) is 9.15 Å². The normalized spacial score (nSPS) is 11.8. The van der Waals surface area contributed by atoms with Crippen molar-refractivity contribution in [3.8, 4) is 0 Å². The highest BCUT2D eigenvalue weighted by Crippen LogP contribution is 2.30. The topological polar surface area (TPSA) is 97.6 Å². The van der Waals surface area contributed by atoms with Gasteiger partial charge in [0.25, 0.3) is 11.8 Å². The second-order valence-corrected chi connectivity index (χ2v) is 7.04. The lowest BCUT2D eigenvalue weighted by Crippen LogP contribution is -2.46. The summed E-state index contributed by atoms with van der Waals surface area (Å²) < 4.78 is 10.8. The number of esters is 1. The molecule has 0 fully saturated rings. The molecule has 0 spiro atoms. The van der Waals surface area contributed by atoms with Crippen molar-refractivity contribution in [1.29, 1.82) is 0 Å². The molecule has 0 aliphatic heterocycles. The first-order valence-electron chi connectivity index (χ1n) is 9.75. The number of fused-ring (bicyclic) bond motifs is 3. The van der Waals surface area contributed by atoms with Gasteiger partial charge in [-0.2, -0.15) is 0 Å². The summed E-state index contributed by atoms with van der Waals surface area (Å²) in [4.78, 5) is 36.6. The molecule has 3 aromatic carbocycles. The SMILES string of the molecule is C[C@@H](OC(=O)Cc1coc2ccc3ccccc3c12)C(=O)NNC(=O)c1ccccc1. The molecule has 0 saturated carbocycles. The van der Waals surface area contributed by atoms with Gasteiger partial charge in [0, 0.05) is 16.5 Å². The van der Waals surface area contributed by atoms with Gasteiger partial charge in [0.2, 0.25) is 0 Å². The number of hydrogen-bond acceptors (Lipinski definition) is 5. The predicted molar refractivity (Wildman–Crippen MR) is 115 cm³/mol. The van der Waals surface area contributed by atoms with Crippen molar-refractivity contribution in [3.63, 3.8) is 0 Å². The summed E-state index contributed by atoms with van der Waals surface area (Å²) in [6, 6.07) is 20.1. The maximum absolute atomic E-state index is 12.4. The molecule has 0 radical (unpaired) electrons. The van der Waals surface area contributed by atoms with Gasteiger partial charge in [-0.15, -0.1) is 0 Å². The van der Waals surface area contributed by atoms with Crippen LogP contribution in [0.1, 0.15) is 22.8 Å². The number of nitrogens with one attached hydrogen (secondary N) is 2. The second kappa shape index (κ2) is 8.71. The quantitative estimate of drug-likeness (QED) is 0.383. The van der Waals surface area contributed by atoms with Gasteiger partial charge in [-0.1, -0.05) is 48.5 Å². The average Bonchev–Trinajstić information content (AvgIpc) is 3.20. The standard InChI is InChI=1S/C24H20N2O5/c1-15(23(28)25-26-24(29)17-8-3-2-4-9-17)31-21(27)13-18-14-30-20-12-11-16-7-5-6-10-19(16)22(18)20/h2-12,14-15H,13H2,1H3,(H,25,28)(H,26,29)/t15-/m1/s1. The smallest absolute Gasteiger partial charge is 0.311 e. The molecule has 1 aromatic heterocycles. The number of hydrazine groups is 1. The number of benzene rings is 3. The first kappa shape index (κ1) is 20.2. The number of rotatable bonds is 5. The zero-order valence-corrected chi connectivity index (χ0v) is 16.8. The van der Waals surface area contributed by atoms with Crippen LogP contribution < -0.4 is 10.9 Å². The first-order chi connectivity index (χ1) is 15.0. The molecule has 4 rings (SSSR count). The third-order valence-corrected chi connectivity index (χ3v) is 4.89. The molecule has 0 aliphatic carbocycles. The molecule has 31 heavy (non-hydrogen) atoms. The van der Waals surface area contributed by atoms with Crippen LogP contribution in [0.2, 0.25) is 0 Å². The van der Waals surface area contributed by atoms with Crippen molar-refractivity contribution in [2.24, 2.45) is 0 Å². The Balaban J connectivity index is 1.38. The number of ether oxygens (including phenoxy) is 1. The maximum atomic E-state index is 12.4. The minimum absolute atomic E-state index is 0.0466. The Hall–Kier alpha value is -4.13. The molecule has 0 bridgehead atoms. The molecule has 0 saturated heterocycles. The lowest BCUT2D eigenvalue weighted by Gasteiger charge is -2.14. The van der Waals surface area contributed by atoms with E-state index >= 15 is 0 Å². The molecule has 7 heteroatoms. The number of carbonyl (C=O) groups excluding carboxylic acids is 3. The highest BCUT2D eigenvalue weighted by Gasteiger charge is 2.20. The molecule has 1 atom stereocenters. The Morgan fingerprint density at radius 2 is 1.68 bits per heavy atom. The Morgan fingerprint density at radius 3 is 2.48 bits per heavy atom. The molecule has 1 heterocycles. The van der Waals surface area contributed by atoms with Gasteiger partial charge in [0.1, 0.15) is 5.58 Å². The summed E-state index contributed by atoms with van der Waals surface area (Å²) in [6.45, 7) is 1.44. The summed E-state index contributed by atoms with van der Waals surface area (Å²) in [6.07, 6.45) is 0.400. The van der Waals surface area contributed by atoms with Crippen LogP contribution in [0.5, 0.6) is 0 Å². The molecule has 0 aliphatic rings. The Kier molecular flexibility index (Phi) is 5.66. The van der Waals surface area contributed by atoms with Crippen molar-refractivity contribution in [3.05, 3.63) is 84.1 Å². The largest absolute Gasteiger partial charge is 0.464 e. The van der Waals surface area contributed by atoms with Gasteiger partial charge in [-0.3, -0.25) is 25.2 Å². The fourth-order valence-corrected chi connectivity index (χ4v) is 3.33. The number of furan rings is 1. The van der Waals surface area contributed by atoms with Crippen LogP contribution in [0.3, 0.4) is 0 Å². The Bertz CT molecular complexity index is 1260. The van der Waals surface area contributed by atoms with E-state index in [2.05, 4.69) is 10.9 Å². The van der Waals surface area contributed by atoms with Crippen LogP contribution in [0.15, 0.2) is 77.4 Å². The summed E-state index contributed by atoms with van der Waals surface area (Å²) in [7, 11) is 0. The molecule has 0 unspecified atom stereocenters. The van der Waals surface area contributed by atoms with Gasteiger partial charge in [0.15, 0.2) is 6.10 Å². The molecule has 4 aromatic rings. The Morgan fingerprint density at radius 1 is 0.935 bits per heavy atom. The zero-order chi connectivity index (χ0) is 21.8. The molecule has 156 valence electrons. The van der Waals surface area contributed by atoms with Gasteiger partial charge >= 0.3 is 5.97 Å². The van der Waals surface area contributed by atoms with Crippen LogP contribution in [0, 0.1) is 0 Å². The van der Waals surface area contributed by atoms with Crippen molar-refractivity contribution in [1.82, 2.24) is 10.9 Å². The summed E-state index contributed by atoms with van der Waals surface area (Å²) in [5, 5.41) is 2.86. The van der Waals surface area contributed by atoms with Crippen LogP contribution in [-0.2, 0) is 20.7 Å². The Labute approximate surface area is 178 Å². The van der Waals surface area contributed by atoms with Crippen molar-refractivity contribution < 1.29 is 23.5 Å². The molecule has 7 nitrogen and oxygen atoms in total. The van der Waals surface area contributed by atoms with Gasteiger partial charge in [0.05, 0.1) is 12.7 Å². The van der Waals surface area contributed by atoms with Gasteiger partial charge in [-0.25, -0.2) is 0 Å². The third kappa shape index (κ3) is 4.40. The minimum Gasteiger partial charge on any atom is -0.464 e. The van der Waals surface area contributed by atoms with Crippen LogP contribution >= 0.6 is 0 Å². The third-order valence-electron chi connectivity index (χ3n) is 4.89. The van der Waals surface area contributed by atoms with Crippen LogP contribution in [-0.4, -0.2) is 23.9 Å². The highest BCUT2D eigenvalue weighted by molar-refractivity contribution is 6.08. The molecule has 2 N–H and O–H groups in total. The molecule has 2 amide bonds. The fraction of sp³-hybridized carbons (Fsp3) is 0.125. The second-order valence-electron chi connectivity index (χ2n) is 7.04. The van der Waals surface area contributed by atoms with E-state index < -0.39 is 23.9 Å². The maximum Gasteiger partial charge on any atom is 0.311 e. The minimum atomic E-state index is -1.08. The first-order valence-corrected chi connectivity index (χ1v) is 9.75. The van der Waals surface area contributed by atoms with E-state index in [0.717, 1.165) is 16.2 Å². The van der Waals surface area contributed by atoms with E-state index in [1.807, 2.05) is 36.4 Å². The van der Waals surface area contributed by atoms with Gasteiger partial charge < -0.3 is 9.15 Å². The van der Waals surface area contributed by atoms with Crippen LogP contribution in [0.25, 0.3) is 21.7 Å². The molecular weight excluding hydrogens is 396 g/mol. The van der Waals surface area contributed by atoms with Crippen molar-refractivity contribution in [2.75, 3.05) is 0 Å². The van der Waals surface area contributed by atoms with Gasteiger partial charge in [-0.05, 0) is 35.9 Å².